The number of carbonyl (C=O) groups excluding carboxylic acids is 3. The topological polar surface area (TPSA) is 74.1 Å². The van der Waals surface area contributed by atoms with Gasteiger partial charge in [-0.05, 0) is 33.2 Å². The molecule has 1 aliphatic carbocycles. The molecule has 3 heterocycles. The van der Waals surface area contributed by atoms with Crippen molar-refractivity contribution in [3.05, 3.63) is 22.6 Å². The third kappa shape index (κ3) is 3.48. The average Bonchev–Trinajstić information content (AvgIpc) is 3.05. The number of nitrogens with zero attached hydrogens (tertiary/aromatic N) is 3. The van der Waals surface area contributed by atoms with Gasteiger partial charge < -0.3 is 19.1 Å². The van der Waals surface area contributed by atoms with Gasteiger partial charge in [0.25, 0.3) is 5.91 Å². The van der Waals surface area contributed by atoms with Gasteiger partial charge in [-0.3, -0.25) is 14.4 Å². The molecule has 4 rings (SSSR count). The number of likely N-dealkylation sites (N-methyl/N-ethyl adjacent to an activating group) is 1. The molecule has 2 amide bonds. The predicted molar refractivity (Wildman–Crippen MR) is 103 cm³/mol. The van der Waals surface area contributed by atoms with E-state index in [1.807, 2.05) is 11.8 Å². The largest absolute Gasteiger partial charge is 0.455 e. The molecule has 3 aliphatic rings. The van der Waals surface area contributed by atoms with Gasteiger partial charge in [0.2, 0.25) is 5.91 Å². The molecule has 0 bridgehead atoms. The van der Waals surface area contributed by atoms with Crippen molar-refractivity contribution in [1.29, 1.82) is 0 Å². The maximum absolute atomic E-state index is 13.0. The third-order valence-electron chi connectivity index (χ3n) is 6.45. The van der Waals surface area contributed by atoms with Crippen LogP contribution in [0.15, 0.2) is 4.42 Å². The third-order valence-corrected chi connectivity index (χ3v) is 6.45. The highest BCUT2D eigenvalue weighted by molar-refractivity contribution is 6.03. The van der Waals surface area contributed by atoms with E-state index in [0.717, 1.165) is 39.0 Å². The zero-order valence-electron chi connectivity index (χ0n) is 16.8. The highest BCUT2D eigenvalue weighted by Gasteiger charge is 2.35. The summed E-state index contributed by atoms with van der Waals surface area (Å²) in [4.78, 5) is 43.9. The number of ketones is 1. The van der Waals surface area contributed by atoms with Gasteiger partial charge in [0, 0.05) is 63.6 Å². The number of carbonyl (C=O) groups is 3. The second-order valence-corrected chi connectivity index (χ2v) is 8.33. The Morgan fingerprint density at radius 1 is 0.964 bits per heavy atom. The lowest BCUT2D eigenvalue weighted by Gasteiger charge is -2.37. The van der Waals surface area contributed by atoms with Gasteiger partial charge in [-0.25, -0.2) is 0 Å². The molecule has 2 aliphatic heterocycles. The Kier molecular flexibility index (Phi) is 5.27. The van der Waals surface area contributed by atoms with Gasteiger partial charge in [-0.15, -0.1) is 0 Å². The Morgan fingerprint density at radius 2 is 1.64 bits per heavy atom. The van der Waals surface area contributed by atoms with Crippen molar-refractivity contribution in [2.45, 2.75) is 39.0 Å². The van der Waals surface area contributed by atoms with Crippen molar-refractivity contribution in [3.63, 3.8) is 0 Å². The molecule has 1 aromatic rings. The molecule has 0 unspecified atom stereocenters. The normalized spacial score (nSPS) is 21.7. The van der Waals surface area contributed by atoms with Crippen molar-refractivity contribution in [2.24, 2.45) is 5.92 Å². The number of piperazine rings is 1. The van der Waals surface area contributed by atoms with Crippen molar-refractivity contribution < 1.29 is 18.8 Å². The van der Waals surface area contributed by atoms with Gasteiger partial charge >= 0.3 is 0 Å². The zero-order chi connectivity index (χ0) is 19.8. The minimum Gasteiger partial charge on any atom is -0.455 e. The van der Waals surface area contributed by atoms with Crippen LogP contribution in [0.25, 0.3) is 0 Å². The summed E-state index contributed by atoms with van der Waals surface area (Å²) in [6.07, 6.45) is 3.41. The van der Waals surface area contributed by atoms with Gasteiger partial charge in [-0.2, -0.15) is 0 Å². The Hall–Kier alpha value is -2.15. The predicted octanol–water partition coefficient (Wildman–Crippen LogP) is 1.73. The number of fused-ring (bicyclic) bond motifs is 1. The van der Waals surface area contributed by atoms with Crippen LogP contribution >= 0.6 is 0 Å². The number of piperidine rings is 1. The number of likely N-dealkylation sites (tertiary alicyclic amines) is 1. The summed E-state index contributed by atoms with van der Waals surface area (Å²) in [6, 6.07) is 0. The lowest BCUT2D eigenvalue weighted by Crippen LogP contribution is -2.51. The maximum atomic E-state index is 13.0. The molecule has 0 atom stereocenters. The molecular formula is C21H29N3O4. The Balaban J connectivity index is 1.38. The van der Waals surface area contributed by atoms with Crippen molar-refractivity contribution >= 4 is 17.6 Å². The van der Waals surface area contributed by atoms with Crippen LogP contribution in [0.1, 0.15) is 57.9 Å². The standard InChI is InChI=1S/C21H29N3O4/c1-14-18-16(25)4-3-5-17(18)28-19(14)21(27)23-8-6-15(7-9-23)20(26)24-12-10-22(2)11-13-24/h15H,3-13H2,1-2H3. The Morgan fingerprint density at radius 3 is 2.29 bits per heavy atom. The molecule has 0 spiro atoms. The molecule has 0 N–H and O–H groups in total. The Bertz CT molecular complexity index is 784. The van der Waals surface area contributed by atoms with Crippen LogP contribution in [0, 0.1) is 12.8 Å². The minimum atomic E-state index is -0.148. The van der Waals surface area contributed by atoms with E-state index in [1.54, 1.807) is 4.90 Å². The van der Waals surface area contributed by atoms with E-state index < -0.39 is 0 Å². The number of hydrogen-bond acceptors (Lipinski definition) is 5. The first-order chi connectivity index (χ1) is 13.5. The van der Waals surface area contributed by atoms with Crippen LogP contribution in [0.2, 0.25) is 0 Å². The van der Waals surface area contributed by atoms with Crippen molar-refractivity contribution in [2.75, 3.05) is 46.3 Å². The molecular weight excluding hydrogens is 358 g/mol. The molecule has 7 nitrogen and oxygen atoms in total. The monoisotopic (exact) mass is 387 g/mol. The van der Waals surface area contributed by atoms with E-state index in [9.17, 15) is 14.4 Å². The number of furan rings is 1. The maximum Gasteiger partial charge on any atom is 0.289 e. The highest BCUT2D eigenvalue weighted by atomic mass is 16.4. The van der Waals surface area contributed by atoms with Gasteiger partial charge in [0.1, 0.15) is 5.76 Å². The molecule has 1 aromatic heterocycles. The zero-order valence-corrected chi connectivity index (χ0v) is 16.8. The fourth-order valence-corrected chi connectivity index (χ4v) is 4.61. The van der Waals surface area contributed by atoms with Crippen molar-refractivity contribution in [3.8, 4) is 0 Å². The fraction of sp³-hybridized carbons (Fsp3) is 0.667. The first-order valence-corrected chi connectivity index (χ1v) is 10.4. The van der Waals surface area contributed by atoms with Crippen LogP contribution in [0.3, 0.4) is 0 Å². The van der Waals surface area contributed by atoms with Gasteiger partial charge in [0.15, 0.2) is 11.5 Å². The fourth-order valence-electron chi connectivity index (χ4n) is 4.61. The molecule has 0 aromatic carbocycles. The second kappa shape index (κ2) is 7.70. The SMILES string of the molecule is Cc1c(C(=O)N2CCC(C(=O)N3CCN(C)CC3)CC2)oc2c1C(=O)CCC2. The molecule has 7 heteroatoms. The number of Topliss-reactive ketones (excluding diaryl/α,β-unsaturated/α-hetero) is 1. The lowest BCUT2D eigenvalue weighted by atomic mass is 9.93. The van der Waals surface area contributed by atoms with E-state index in [2.05, 4.69) is 11.9 Å². The lowest BCUT2D eigenvalue weighted by molar-refractivity contribution is -0.138. The minimum absolute atomic E-state index is 0.0000579. The number of hydrogen-bond donors (Lipinski definition) is 0. The summed E-state index contributed by atoms with van der Waals surface area (Å²) >= 11 is 0. The number of aryl methyl sites for hydroxylation is 1. The summed E-state index contributed by atoms with van der Waals surface area (Å²) in [6.45, 7) is 6.35. The van der Waals surface area contributed by atoms with Crippen molar-refractivity contribution in [1.82, 2.24) is 14.7 Å². The number of amides is 2. The van der Waals surface area contributed by atoms with E-state index in [1.165, 1.54) is 0 Å². The molecule has 2 saturated heterocycles. The van der Waals surface area contributed by atoms with E-state index in [4.69, 9.17) is 4.42 Å². The van der Waals surface area contributed by atoms with E-state index >= 15 is 0 Å². The van der Waals surface area contributed by atoms with E-state index in [0.29, 0.717) is 55.0 Å². The van der Waals surface area contributed by atoms with Crippen LogP contribution in [0.4, 0.5) is 0 Å². The number of rotatable bonds is 2. The van der Waals surface area contributed by atoms with Crippen LogP contribution in [-0.2, 0) is 11.2 Å². The molecule has 152 valence electrons. The van der Waals surface area contributed by atoms with Gasteiger partial charge in [-0.1, -0.05) is 0 Å². The summed E-state index contributed by atoms with van der Waals surface area (Å²) in [5.74, 6) is 1.14. The average molecular weight is 387 g/mol. The van der Waals surface area contributed by atoms with Gasteiger partial charge in [0.05, 0.1) is 5.56 Å². The molecule has 28 heavy (non-hydrogen) atoms. The molecule has 0 saturated carbocycles. The van der Waals surface area contributed by atoms with Crippen LogP contribution < -0.4 is 0 Å². The smallest absolute Gasteiger partial charge is 0.289 e. The summed E-state index contributed by atoms with van der Waals surface area (Å²) in [7, 11) is 2.08. The summed E-state index contributed by atoms with van der Waals surface area (Å²) in [5.41, 5.74) is 1.30. The van der Waals surface area contributed by atoms with Crippen LogP contribution in [0.5, 0.6) is 0 Å². The molecule has 0 radical (unpaired) electrons. The quantitative estimate of drug-likeness (QED) is 0.773. The van der Waals surface area contributed by atoms with Crippen LogP contribution in [-0.4, -0.2) is 78.6 Å². The summed E-state index contributed by atoms with van der Waals surface area (Å²) in [5, 5.41) is 0. The first kappa shape index (κ1) is 19.2. The summed E-state index contributed by atoms with van der Waals surface area (Å²) < 4.78 is 5.81. The first-order valence-electron chi connectivity index (χ1n) is 10.4. The highest BCUT2D eigenvalue weighted by Crippen LogP contribution is 2.31. The molecule has 2 fully saturated rings. The Labute approximate surface area is 165 Å². The van der Waals surface area contributed by atoms with E-state index in [-0.39, 0.29) is 23.5 Å². The second-order valence-electron chi connectivity index (χ2n) is 8.33.